The van der Waals surface area contributed by atoms with Crippen LogP contribution in [0, 0.1) is 19.7 Å². The molecule has 1 heterocycles. The van der Waals surface area contributed by atoms with Gasteiger partial charge in [-0.2, -0.15) is 0 Å². The van der Waals surface area contributed by atoms with Gasteiger partial charge in [-0.1, -0.05) is 19.1 Å². The van der Waals surface area contributed by atoms with Gasteiger partial charge in [-0.05, 0) is 55.3 Å². The molecule has 0 aliphatic carbocycles. The number of halogens is 1. The molecule has 1 aromatic carbocycles. The van der Waals surface area contributed by atoms with Gasteiger partial charge in [-0.25, -0.2) is 4.39 Å². The normalized spacial score (nSPS) is 12.4. The van der Waals surface area contributed by atoms with E-state index < -0.39 is 0 Å². The predicted molar refractivity (Wildman–Crippen MR) is 75.6 cm³/mol. The van der Waals surface area contributed by atoms with Crippen LogP contribution in [0.4, 0.5) is 4.39 Å². The lowest BCUT2D eigenvalue weighted by Crippen LogP contribution is -2.23. The maximum absolute atomic E-state index is 13.6. The lowest BCUT2D eigenvalue weighted by molar-refractivity contribution is 0.599. The Morgan fingerprint density at radius 1 is 1.26 bits per heavy atom. The minimum absolute atomic E-state index is 0.0203. The first-order valence-corrected chi connectivity index (χ1v) is 6.53. The van der Waals surface area contributed by atoms with Gasteiger partial charge in [-0.3, -0.25) is 4.98 Å². The highest BCUT2D eigenvalue weighted by atomic mass is 19.1. The molecule has 2 aromatic rings. The van der Waals surface area contributed by atoms with E-state index in [4.69, 9.17) is 0 Å². The van der Waals surface area contributed by atoms with Gasteiger partial charge in [0.25, 0.3) is 0 Å². The molecule has 3 heteroatoms. The zero-order valence-corrected chi connectivity index (χ0v) is 11.6. The minimum atomic E-state index is -0.195. The van der Waals surface area contributed by atoms with Crippen LogP contribution in [0.15, 0.2) is 36.5 Å². The van der Waals surface area contributed by atoms with Gasteiger partial charge < -0.3 is 5.32 Å². The van der Waals surface area contributed by atoms with Gasteiger partial charge >= 0.3 is 0 Å². The Balaban J connectivity index is 2.48. The third-order valence-corrected chi connectivity index (χ3v) is 3.16. The van der Waals surface area contributed by atoms with Gasteiger partial charge in [0.1, 0.15) is 5.82 Å². The maximum atomic E-state index is 13.6. The molecule has 2 nitrogen and oxygen atoms in total. The number of hydrogen-bond donors (Lipinski definition) is 1. The van der Waals surface area contributed by atoms with E-state index in [0.29, 0.717) is 0 Å². The number of hydrogen-bond acceptors (Lipinski definition) is 2. The largest absolute Gasteiger partial charge is 0.306 e. The van der Waals surface area contributed by atoms with Gasteiger partial charge in [0.2, 0.25) is 0 Å². The highest BCUT2D eigenvalue weighted by Gasteiger charge is 2.16. The Bertz CT molecular complexity index is 546. The summed E-state index contributed by atoms with van der Waals surface area (Å²) in [5.41, 5.74) is 3.93. The molecule has 0 spiro atoms. The highest BCUT2D eigenvalue weighted by molar-refractivity contribution is 5.36. The summed E-state index contributed by atoms with van der Waals surface area (Å²) in [5.74, 6) is -0.195. The second kappa shape index (κ2) is 5.93. The minimum Gasteiger partial charge on any atom is -0.306 e. The van der Waals surface area contributed by atoms with Crippen molar-refractivity contribution in [3.63, 3.8) is 0 Å². The van der Waals surface area contributed by atoms with E-state index in [9.17, 15) is 4.39 Å². The van der Waals surface area contributed by atoms with Crippen molar-refractivity contribution in [2.24, 2.45) is 0 Å². The Labute approximate surface area is 113 Å². The van der Waals surface area contributed by atoms with Crippen molar-refractivity contribution in [2.75, 3.05) is 6.54 Å². The maximum Gasteiger partial charge on any atom is 0.123 e. The molecule has 1 N–H and O–H groups in total. The van der Waals surface area contributed by atoms with Crippen molar-refractivity contribution in [3.05, 3.63) is 64.7 Å². The van der Waals surface area contributed by atoms with Gasteiger partial charge in [0, 0.05) is 11.9 Å². The van der Waals surface area contributed by atoms with Gasteiger partial charge in [-0.15, -0.1) is 0 Å². The first-order valence-electron chi connectivity index (χ1n) is 6.53. The lowest BCUT2D eigenvalue weighted by atomic mass is 9.96. The van der Waals surface area contributed by atoms with Crippen LogP contribution in [-0.2, 0) is 0 Å². The van der Waals surface area contributed by atoms with E-state index in [-0.39, 0.29) is 11.9 Å². The van der Waals surface area contributed by atoms with Crippen molar-refractivity contribution < 1.29 is 4.39 Å². The molecular weight excluding hydrogens is 239 g/mol. The third-order valence-electron chi connectivity index (χ3n) is 3.16. The molecule has 19 heavy (non-hydrogen) atoms. The lowest BCUT2D eigenvalue weighted by Gasteiger charge is -2.21. The summed E-state index contributed by atoms with van der Waals surface area (Å²) in [6.45, 7) is 6.75. The number of nitrogens with one attached hydrogen (secondary N) is 1. The molecule has 0 radical (unpaired) electrons. The average Bonchev–Trinajstić information content (AvgIpc) is 2.36. The molecule has 1 atom stereocenters. The number of aromatic nitrogens is 1. The average molecular weight is 258 g/mol. The van der Waals surface area contributed by atoms with E-state index >= 15 is 0 Å². The predicted octanol–water partition coefficient (Wildman–Crippen LogP) is 3.54. The standard InChI is InChI=1S/C16H19FN2/c1-4-18-16(15-6-5-7-19-12(15)3)13-8-11(2)9-14(17)10-13/h5-10,16,18H,4H2,1-3H3. The van der Waals surface area contributed by atoms with Crippen molar-refractivity contribution >= 4 is 0 Å². The zero-order chi connectivity index (χ0) is 13.8. The van der Waals surface area contributed by atoms with Gasteiger partial charge in [0.05, 0.1) is 6.04 Å². The van der Waals surface area contributed by atoms with E-state index in [0.717, 1.165) is 28.9 Å². The molecule has 2 rings (SSSR count). The fourth-order valence-corrected chi connectivity index (χ4v) is 2.34. The summed E-state index contributed by atoms with van der Waals surface area (Å²) < 4.78 is 13.6. The van der Waals surface area contributed by atoms with E-state index in [2.05, 4.69) is 10.3 Å². The number of benzene rings is 1. The van der Waals surface area contributed by atoms with Gasteiger partial charge in [0.15, 0.2) is 0 Å². The SMILES string of the molecule is CCNC(c1cc(C)cc(F)c1)c1cccnc1C. The first-order chi connectivity index (χ1) is 9.11. The molecule has 0 aliphatic rings. The van der Waals surface area contributed by atoms with Crippen LogP contribution in [0.5, 0.6) is 0 Å². The molecule has 0 aliphatic heterocycles. The molecule has 0 amide bonds. The smallest absolute Gasteiger partial charge is 0.123 e. The van der Waals surface area contributed by atoms with Crippen LogP contribution in [-0.4, -0.2) is 11.5 Å². The summed E-state index contributed by atoms with van der Waals surface area (Å²) in [6.07, 6.45) is 1.78. The number of pyridine rings is 1. The second-order valence-corrected chi connectivity index (χ2v) is 4.73. The van der Waals surface area contributed by atoms with Crippen LogP contribution in [0.2, 0.25) is 0 Å². The highest BCUT2D eigenvalue weighted by Crippen LogP contribution is 2.25. The molecular formula is C16H19FN2. The first kappa shape index (κ1) is 13.7. The van der Waals surface area contributed by atoms with Crippen LogP contribution in [0.1, 0.15) is 35.3 Å². The number of rotatable bonds is 4. The van der Waals surface area contributed by atoms with Crippen LogP contribution < -0.4 is 5.32 Å². The number of nitrogens with zero attached hydrogens (tertiary/aromatic N) is 1. The summed E-state index contributed by atoms with van der Waals surface area (Å²) in [6, 6.07) is 9.08. The fourth-order valence-electron chi connectivity index (χ4n) is 2.34. The molecule has 1 unspecified atom stereocenters. The Morgan fingerprint density at radius 2 is 2.05 bits per heavy atom. The van der Waals surface area contributed by atoms with E-state index in [1.54, 1.807) is 18.3 Å². The third kappa shape index (κ3) is 3.18. The quantitative estimate of drug-likeness (QED) is 0.907. The Kier molecular flexibility index (Phi) is 4.27. The Hall–Kier alpha value is -1.74. The van der Waals surface area contributed by atoms with Crippen molar-refractivity contribution in [1.29, 1.82) is 0 Å². The van der Waals surface area contributed by atoms with E-state index in [1.807, 2.05) is 39.0 Å². The zero-order valence-electron chi connectivity index (χ0n) is 11.6. The monoisotopic (exact) mass is 258 g/mol. The summed E-state index contributed by atoms with van der Waals surface area (Å²) in [5, 5.41) is 3.40. The van der Waals surface area contributed by atoms with Crippen molar-refractivity contribution in [3.8, 4) is 0 Å². The van der Waals surface area contributed by atoms with Crippen LogP contribution >= 0.6 is 0 Å². The van der Waals surface area contributed by atoms with Crippen LogP contribution in [0.25, 0.3) is 0 Å². The van der Waals surface area contributed by atoms with E-state index in [1.165, 1.54) is 0 Å². The molecule has 1 aromatic heterocycles. The van der Waals surface area contributed by atoms with Crippen molar-refractivity contribution in [1.82, 2.24) is 10.3 Å². The fraction of sp³-hybridized carbons (Fsp3) is 0.312. The summed E-state index contributed by atoms with van der Waals surface area (Å²) in [4.78, 5) is 4.32. The topological polar surface area (TPSA) is 24.9 Å². The summed E-state index contributed by atoms with van der Waals surface area (Å²) >= 11 is 0. The van der Waals surface area contributed by atoms with Crippen LogP contribution in [0.3, 0.4) is 0 Å². The molecule has 0 bridgehead atoms. The Morgan fingerprint density at radius 3 is 2.68 bits per heavy atom. The molecule has 0 saturated heterocycles. The molecule has 0 fully saturated rings. The van der Waals surface area contributed by atoms with Crippen molar-refractivity contribution in [2.45, 2.75) is 26.8 Å². The second-order valence-electron chi connectivity index (χ2n) is 4.73. The molecule has 0 saturated carbocycles. The molecule has 100 valence electrons. The summed E-state index contributed by atoms with van der Waals surface area (Å²) in [7, 11) is 0. The number of aryl methyl sites for hydroxylation is 2.